The minimum atomic E-state index is -0.656. The molecule has 7 heteroatoms. The van der Waals surface area contributed by atoms with Gasteiger partial charge in [-0.2, -0.15) is 0 Å². The highest BCUT2D eigenvalue weighted by Crippen LogP contribution is 2.16. The third-order valence-electron chi connectivity index (χ3n) is 5.11. The number of nitrogens with one attached hydrogen (secondary N) is 2. The maximum Gasteiger partial charge on any atom is 0.253 e. The van der Waals surface area contributed by atoms with Crippen LogP contribution in [-0.2, 0) is 11.3 Å². The molecule has 1 saturated heterocycles. The molecule has 0 aromatic heterocycles. The number of likely N-dealkylation sites (tertiary alicyclic amines) is 1. The van der Waals surface area contributed by atoms with E-state index in [0.717, 1.165) is 38.0 Å². The Kier molecular flexibility index (Phi) is 7.23. The molecule has 1 aliphatic heterocycles. The van der Waals surface area contributed by atoms with Crippen molar-refractivity contribution >= 4 is 23.4 Å². The van der Waals surface area contributed by atoms with Crippen LogP contribution in [-0.4, -0.2) is 41.9 Å². The lowest BCUT2D eigenvalue weighted by Gasteiger charge is -2.33. The van der Waals surface area contributed by atoms with Crippen molar-refractivity contribution in [1.82, 2.24) is 15.5 Å². The Morgan fingerprint density at radius 1 is 1.14 bits per heavy atom. The van der Waals surface area contributed by atoms with Crippen LogP contribution in [0, 0.1) is 5.82 Å². The van der Waals surface area contributed by atoms with Crippen molar-refractivity contribution in [2.24, 2.45) is 0 Å². The van der Waals surface area contributed by atoms with Gasteiger partial charge in [0.2, 0.25) is 5.91 Å². The normalized spacial score (nSPS) is 16.2. The topological polar surface area (TPSA) is 61.4 Å². The van der Waals surface area contributed by atoms with Gasteiger partial charge in [-0.25, -0.2) is 4.39 Å². The SMILES string of the molecule is CC(NC(=O)c1ccccc1Cl)C(=O)NC1CCN(Cc2ccc(F)cc2)CC1. The average molecular weight is 418 g/mol. The summed E-state index contributed by atoms with van der Waals surface area (Å²) < 4.78 is 13.0. The van der Waals surface area contributed by atoms with Gasteiger partial charge in [0.25, 0.3) is 5.91 Å². The second-order valence-corrected chi connectivity index (χ2v) is 7.77. The lowest BCUT2D eigenvalue weighted by Crippen LogP contribution is -2.51. The zero-order valence-corrected chi connectivity index (χ0v) is 17.1. The average Bonchev–Trinajstić information content (AvgIpc) is 2.71. The number of nitrogens with zero attached hydrogens (tertiary/aromatic N) is 1. The fourth-order valence-electron chi connectivity index (χ4n) is 3.39. The highest BCUT2D eigenvalue weighted by atomic mass is 35.5. The van der Waals surface area contributed by atoms with E-state index in [1.807, 2.05) is 0 Å². The van der Waals surface area contributed by atoms with Gasteiger partial charge in [0.1, 0.15) is 11.9 Å². The molecular weight excluding hydrogens is 393 g/mol. The van der Waals surface area contributed by atoms with Crippen LogP contribution in [0.15, 0.2) is 48.5 Å². The number of piperidine rings is 1. The summed E-state index contributed by atoms with van der Waals surface area (Å²) in [6.45, 7) is 4.13. The van der Waals surface area contributed by atoms with Gasteiger partial charge in [-0.05, 0) is 49.6 Å². The molecule has 2 amide bonds. The van der Waals surface area contributed by atoms with Crippen LogP contribution in [0.5, 0.6) is 0 Å². The molecule has 5 nitrogen and oxygen atoms in total. The lowest BCUT2D eigenvalue weighted by atomic mass is 10.0. The van der Waals surface area contributed by atoms with Crippen LogP contribution < -0.4 is 10.6 Å². The fraction of sp³-hybridized carbons (Fsp3) is 0.364. The van der Waals surface area contributed by atoms with Crippen molar-refractivity contribution < 1.29 is 14.0 Å². The molecule has 1 fully saturated rings. The van der Waals surface area contributed by atoms with Gasteiger partial charge < -0.3 is 10.6 Å². The molecule has 154 valence electrons. The second-order valence-electron chi connectivity index (χ2n) is 7.36. The molecule has 2 aromatic rings. The van der Waals surface area contributed by atoms with E-state index in [-0.39, 0.29) is 23.7 Å². The van der Waals surface area contributed by atoms with E-state index >= 15 is 0 Å². The summed E-state index contributed by atoms with van der Waals surface area (Å²) in [4.78, 5) is 27.1. The molecule has 0 saturated carbocycles. The Labute approximate surface area is 175 Å². The molecule has 2 N–H and O–H groups in total. The van der Waals surface area contributed by atoms with Crippen LogP contribution in [0.25, 0.3) is 0 Å². The van der Waals surface area contributed by atoms with E-state index in [2.05, 4.69) is 15.5 Å². The summed E-state index contributed by atoms with van der Waals surface area (Å²) in [5.41, 5.74) is 1.42. The number of halogens is 2. The molecule has 1 heterocycles. The standard InChI is InChI=1S/C22H25ClFN3O2/c1-15(25-22(29)19-4-2-3-5-20(19)23)21(28)26-18-10-12-27(13-11-18)14-16-6-8-17(24)9-7-16/h2-9,15,18H,10-14H2,1H3,(H,25,29)(H,26,28). The highest BCUT2D eigenvalue weighted by Gasteiger charge is 2.24. The van der Waals surface area contributed by atoms with Crippen LogP contribution >= 0.6 is 11.6 Å². The van der Waals surface area contributed by atoms with Crippen molar-refractivity contribution in [2.75, 3.05) is 13.1 Å². The Balaban J connectivity index is 1.43. The molecule has 1 unspecified atom stereocenters. The molecule has 29 heavy (non-hydrogen) atoms. The summed E-state index contributed by atoms with van der Waals surface area (Å²) in [5, 5.41) is 6.07. The minimum Gasteiger partial charge on any atom is -0.351 e. The maximum absolute atomic E-state index is 13.0. The molecule has 2 aromatic carbocycles. The van der Waals surface area contributed by atoms with Gasteiger partial charge in [-0.3, -0.25) is 14.5 Å². The van der Waals surface area contributed by atoms with E-state index in [0.29, 0.717) is 10.6 Å². The fourth-order valence-corrected chi connectivity index (χ4v) is 3.62. The monoisotopic (exact) mass is 417 g/mol. The maximum atomic E-state index is 13.0. The first-order valence-corrected chi connectivity index (χ1v) is 10.1. The number of hydrogen-bond acceptors (Lipinski definition) is 3. The lowest BCUT2D eigenvalue weighted by molar-refractivity contribution is -0.123. The first-order valence-electron chi connectivity index (χ1n) is 9.75. The Bertz CT molecular complexity index is 851. The van der Waals surface area contributed by atoms with Gasteiger partial charge in [-0.15, -0.1) is 0 Å². The molecular formula is C22H25ClFN3O2. The van der Waals surface area contributed by atoms with E-state index < -0.39 is 6.04 Å². The van der Waals surface area contributed by atoms with Crippen LogP contribution in [0.2, 0.25) is 5.02 Å². The van der Waals surface area contributed by atoms with Gasteiger partial charge in [0.05, 0.1) is 10.6 Å². The van der Waals surface area contributed by atoms with Gasteiger partial charge in [-0.1, -0.05) is 35.9 Å². The molecule has 0 bridgehead atoms. The van der Waals surface area contributed by atoms with Crippen molar-refractivity contribution in [3.8, 4) is 0 Å². The van der Waals surface area contributed by atoms with Crippen molar-refractivity contribution in [3.05, 3.63) is 70.5 Å². The van der Waals surface area contributed by atoms with Crippen LogP contribution in [0.4, 0.5) is 4.39 Å². The molecule has 0 aliphatic carbocycles. The number of carbonyl (C=O) groups excluding carboxylic acids is 2. The smallest absolute Gasteiger partial charge is 0.253 e. The summed E-state index contributed by atoms with van der Waals surface area (Å²) in [6, 6.07) is 12.7. The summed E-state index contributed by atoms with van der Waals surface area (Å²) in [7, 11) is 0. The molecule has 1 atom stereocenters. The number of amides is 2. The van der Waals surface area contributed by atoms with Crippen LogP contribution in [0.1, 0.15) is 35.7 Å². The number of carbonyl (C=O) groups is 2. The van der Waals surface area contributed by atoms with E-state index in [1.165, 1.54) is 12.1 Å². The zero-order valence-electron chi connectivity index (χ0n) is 16.3. The Morgan fingerprint density at radius 2 is 1.79 bits per heavy atom. The summed E-state index contributed by atoms with van der Waals surface area (Å²) >= 11 is 6.03. The molecule has 1 aliphatic rings. The summed E-state index contributed by atoms with van der Waals surface area (Å²) in [5.74, 6) is -0.805. The highest BCUT2D eigenvalue weighted by molar-refractivity contribution is 6.33. The molecule has 3 rings (SSSR count). The van der Waals surface area contributed by atoms with Crippen molar-refractivity contribution in [2.45, 2.75) is 38.4 Å². The molecule has 0 spiro atoms. The molecule has 0 radical (unpaired) electrons. The second kappa shape index (κ2) is 9.85. The van der Waals surface area contributed by atoms with Crippen molar-refractivity contribution in [1.29, 1.82) is 0 Å². The predicted molar refractivity (Wildman–Crippen MR) is 111 cm³/mol. The Morgan fingerprint density at radius 3 is 2.45 bits per heavy atom. The largest absolute Gasteiger partial charge is 0.351 e. The third kappa shape index (κ3) is 6.02. The quantitative estimate of drug-likeness (QED) is 0.757. The zero-order chi connectivity index (χ0) is 20.8. The number of rotatable bonds is 6. The van der Waals surface area contributed by atoms with E-state index in [1.54, 1.807) is 43.3 Å². The summed E-state index contributed by atoms with van der Waals surface area (Å²) in [6.07, 6.45) is 1.66. The Hall–Kier alpha value is -2.44. The van der Waals surface area contributed by atoms with E-state index in [9.17, 15) is 14.0 Å². The van der Waals surface area contributed by atoms with Gasteiger partial charge in [0.15, 0.2) is 0 Å². The minimum absolute atomic E-state index is 0.0756. The first kappa shape index (κ1) is 21.3. The van der Waals surface area contributed by atoms with Gasteiger partial charge in [0, 0.05) is 25.7 Å². The van der Waals surface area contributed by atoms with Gasteiger partial charge >= 0.3 is 0 Å². The van der Waals surface area contributed by atoms with E-state index in [4.69, 9.17) is 11.6 Å². The number of benzene rings is 2. The first-order chi connectivity index (χ1) is 13.9. The predicted octanol–water partition coefficient (Wildman–Crippen LogP) is 3.38. The third-order valence-corrected chi connectivity index (χ3v) is 5.44. The van der Waals surface area contributed by atoms with Crippen molar-refractivity contribution in [3.63, 3.8) is 0 Å². The number of hydrogen-bond donors (Lipinski definition) is 2. The van der Waals surface area contributed by atoms with Crippen LogP contribution in [0.3, 0.4) is 0 Å².